The minimum Gasteiger partial charge on any atom is -0.475 e. The second-order valence-electron chi connectivity index (χ2n) is 4.52. The van der Waals surface area contributed by atoms with E-state index in [4.69, 9.17) is 9.52 Å². The van der Waals surface area contributed by atoms with Crippen molar-refractivity contribution in [2.75, 3.05) is 25.0 Å². The van der Waals surface area contributed by atoms with Crippen LogP contribution in [0.3, 0.4) is 0 Å². The largest absolute Gasteiger partial charge is 0.475 e. The molecule has 5 heteroatoms. The fraction of sp³-hybridized carbons (Fsp3) is 0.583. The molecule has 1 unspecified atom stereocenters. The van der Waals surface area contributed by atoms with Crippen LogP contribution >= 0.6 is 0 Å². The molecule has 0 radical (unpaired) electrons. The average molecular weight is 238 g/mol. The average Bonchev–Trinajstić information content (AvgIpc) is 2.88. The summed E-state index contributed by atoms with van der Waals surface area (Å²) in [4.78, 5) is 13.1. The molecule has 2 rings (SSSR count). The van der Waals surface area contributed by atoms with Crippen molar-refractivity contribution in [3.63, 3.8) is 0 Å². The first-order valence-electron chi connectivity index (χ1n) is 5.97. The highest BCUT2D eigenvalue weighted by Gasteiger charge is 2.16. The number of nitrogens with zero attached hydrogens (tertiary/aromatic N) is 1. The Balaban J connectivity index is 1.84. The molecule has 1 saturated heterocycles. The van der Waals surface area contributed by atoms with E-state index in [1.165, 1.54) is 18.9 Å². The van der Waals surface area contributed by atoms with Gasteiger partial charge in [-0.25, -0.2) is 4.79 Å². The van der Waals surface area contributed by atoms with Gasteiger partial charge in [0.25, 0.3) is 0 Å². The van der Waals surface area contributed by atoms with Gasteiger partial charge in [0.1, 0.15) is 0 Å². The van der Waals surface area contributed by atoms with E-state index in [9.17, 15) is 4.79 Å². The summed E-state index contributed by atoms with van der Waals surface area (Å²) in [5.74, 6) is -0.541. The first-order valence-corrected chi connectivity index (χ1v) is 5.97. The third-order valence-electron chi connectivity index (χ3n) is 2.94. The standard InChI is InChI=1S/C12H18N2O3/c1-9(8-14-6-2-3-7-14)13-11-5-4-10(17-11)12(15)16/h4-5,9,13H,2-3,6-8H2,1H3,(H,15,16). The monoisotopic (exact) mass is 238 g/mol. The molecule has 1 atom stereocenters. The predicted molar refractivity (Wildman–Crippen MR) is 64.4 cm³/mol. The highest BCUT2D eigenvalue weighted by atomic mass is 16.4. The fourth-order valence-corrected chi connectivity index (χ4v) is 2.17. The third-order valence-corrected chi connectivity index (χ3v) is 2.94. The van der Waals surface area contributed by atoms with Crippen LogP contribution in [0.25, 0.3) is 0 Å². The van der Waals surface area contributed by atoms with Crippen LogP contribution in [0.4, 0.5) is 5.88 Å². The van der Waals surface area contributed by atoms with E-state index in [1.807, 2.05) is 0 Å². The molecule has 1 aliphatic rings. The molecule has 0 saturated carbocycles. The van der Waals surface area contributed by atoms with Crippen LogP contribution < -0.4 is 5.32 Å². The molecular weight excluding hydrogens is 220 g/mol. The maximum absolute atomic E-state index is 10.6. The molecule has 94 valence electrons. The molecule has 1 aromatic heterocycles. The third kappa shape index (κ3) is 3.23. The number of furan rings is 1. The smallest absolute Gasteiger partial charge is 0.371 e. The molecule has 0 aromatic carbocycles. The van der Waals surface area contributed by atoms with Crippen molar-refractivity contribution in [2.45, 2.75) is 25.8 Å². The quantitative estimate of drug-likeness (QED) is 0.819. The molecular formula is C12H18N2O3. The number of likely N-dealkylation sites (tertiary alicyclic amines) is 1. The van der Waals surface area contributed by atoms with Crippen molar-refractivity contribution in [3.05, 3.63) is 17.9 Å². The Labute approximate surface area is 100 Å². The lowest BCUT2D eigenvalue weighted by atomic mass is 10.3. The topological polar surface area (TPSA) is 65.7 Å². The zero-order chi connectivity index (χ0) is 12.3. The summed E-state index contributed by atoms with van der Waals surface area (Å²) in [6, 6.07) is 3.37. The molecule has 0 bridgehead atoms. The van der Waals surface area contributed by atoms with Gasteiger partial charge in [0.05, 0.1) is 0 Å². The second-order valence-corrected chi connectivity index (χ2v) is 4.52. The molecule has 0 amide bonds. The number of carboxylic acids is 1. The normalized spacial score (nSPS) is 18.2. The van der Waals surface area contributed by atoms with Gasteiger partial charge in [-0.3, -0.25) is 0 Å². The Morgan fingerprint density at radius 3 is 2.82 bits per heavy atom. The van der Waals surface area contributed by atoms with E-state index in [0.717, 1.165) is 19.6 Å². The van der Waals surface area contributed by atoms with E-state index in [1.54, 1.807) is 6.07 Å². The van der Waals surface area contributed by atoms with Gasteiger partial charge in [0.15, 0.2) is 5.88 Å². The van der Waals surface area contributed by atoms with Crippen molar-refractivity contribution in [1.82, 2.24) is 4.90 Å². The Hall–Kier alpha value is -1.49. The Bertz CT molecular complexity index is 383. The summed E-state index contributed by atoms with van der Waals surface area (Å²) in [6.07, 6.45) is 2.55. The molecule has 2 N–H and O–H groups in total. The van der Waals surface area contributed by atoms with Gasteiger partial charge >= 0.3 is 5.97 Å². The molecule has 17 heavy (non-hydrogen) atoms. The Morgan fingerprint density at radius 2 is 2.24 bits per heavy atom. The van der Waals surface area contributed by atoms with Crippen LogP contribution in [0.1, 0.15) is 30.3 Å². The lowest BCUT2D eigenvalue weighted by Gasteiger charge is -2.20. The number of carbonyl (C=O) groups is 1. The van der Waals surface area contributed by atoms with Crippen molar-refractivity contribution >= 4 is 11.9 Å². The summed E-state index contributed by atoms with van der Waals surface area (Å²) in [5.41, 5.74) is 0. The number of carboxylic acid groups (broad SMARTS) is 1. The summed E-state index contributed by atoms with van der Waals surface area (Å²) in [7, 11) is 0. The maximum atomic E-state index is 10.6. The van der Waals surface area contributed by atoms with Gasteiger partial charge in [0, 0.05) is 18.7 Å². The lowest BCUT2D eigenvalue weighted by Crippen LogP contribution is -2.32. The SMILES string of the molecule is CC(CN1CCCC1)Nc1ccc(C(=O)O)o1. The Kier molecular flexibility index (Phi) is 3.68. The fourth-order valence-electron chi connectivity index (χ4n) is 2.17. The molecule has 1 aromatic rings. The molecule has 2 heterocycles. The zero-order valence-corrected chi connectivity index (χ0v) is 9.98. The number of hydrogen-bond donors (Lipinski definition) is 2. The lowest BCUT2D eigenvalue weighted by molar-refractivity contribution is 0.0663. The van der Waals surface area contributed by atoms with Crippen molar-refractivity contribution in [1.29, 1.82) is 0 Å². The number of anilines is 1. The van der Waals surface area contributed by atoms with Gasteiger partial charge < -0.3 is 19.7 Å². The maximum Gasteiger partial charge on any atom is 0.371 e. The van der Waals surface area contributed by atoms with Gasteiger partial charge in [0.2, 0.25) is 5.76 Å². The summed E-state index contributed by atoms with van der Waals surface area (Å²) >= 11 is 0. The zero-order valence-electron chi connectivity index (χ0n) is 9.98. The number of nitrogens with one attached hydrogen (secondary N) is 1. The van der Waals surface area contributed by atoms with Crippen molar-refractivity contribution < 1.29 is 14.3 Å². The van der Waals surface area contributed by atoms with Crippen molar-refractivity contribution in [3.8, 4) is 0 Å². The first-order chi connectivity index (χ1) is 8.15. The van der Waals surface area contributed by atoms with Crippen LogP contribution in [0.15, 0.2) is 16.5 Å². The predicted octanol–water partition coefficient (Wildman–Crippen LogP) is 1.87. The molecule has 0 aliphatic carbocycles. The van der Waals surface area contributed by atoms with Crippen LogP contribution in [0, 0.1) is 0 Å². The van der Waals surface area contributed by atoms with Crippen LogP contribution in [-0.4, -0.2) is 41.7 Å². The minimum atomic E-state index is -1.04. The molecule has 1 fully saturated rings. The Morgan fingerprint density at radius 1 is 1.53 bits per heavy atom. The minimum absolute atomic E-state index is 0.0270. The summed E-state index contributed by atoms with van der Waals surface area (Å²) in [5, 5.41) is 11.9. The van der Waals surface area contributed by atoms with E-state index >= 15 is 0 Å². The first kappa shape index (κ1) is 12.0. The van der Waals surface area contributed by atoms with Crippen LogP contribution in [0.2, 0.25) is 0 Å². The van der Waals surface area contributed by atoms with Crippen LogP contribution in [-0.2, 0) is 0 Å². The van der Waals surface area contributed by atoms with Gasteiger partial charge in [-0.1, -0.05) is 0 Å². The molecule has 5 nitrogen and oxygen atoms in total. The number of aromatic carboxylic acids is 1. The summed E-state index contributed by atoms with van der Waals surface area (Å²) < 4.78 is 5.15. The van der Waals surface area contributed by atoms with Gasteiger partial charge in [-0.05, 0) is 38.9 Å². The number of rotatable bonds is 5. The molecule has 0 spiro atoms. The van der Waals surface area contributed by atoms with E-state index in [0.29, 0.717) is 5.88 Å². The number of hydrogen-bond acceptors (Lipinski definition) is 4. The van der Waals surface area contributed by atoms with Gasteiger partial charge in [-0.2, -0.15) is 0 Å². The van der Waals surface area contributed by atoms with Gasteiger partial charge in [-0.15, -0.1) is 0 Å². The highest BCUT2D eigenvalue weighted by Crippen LogP contribution is 2.15. The summed E-state index contributed by atoms with van der Waals surface area (Å²) in [6.45, 7) is 5.35. The van der Waals surface area contributed by atoms with Crippen molar-refractivity contribution in [2.24, 2.45) is 0 Å². The second kappa shape index (κ2) is 5.23. The van der Waals surface area contributed by atoms with E-state index in [-0.39, 0.29) is 11.8 Å². The van der Waals surface area contributed by atoms with Crippen LogP contribution in [0.5, 0.6) is 0 Å². The van der Waals surface area contributed by atoms with E-state index < -0.39 is 5.97 Å². The van der Waals surface area contributed by atoms with E-state index in [2.05, 4.69) is 17.1 Å². The molecule has 1 aliphatic heterocycles. The highest BCUT2D eigenvalue weighted by molar-refractivity contribution is 5.84.